The van der Waals surface area contributed by atoms with Gasteiger partial charge in [-0.3, -0.25) is 4.57 Å². The summed E-state index contributed by atoms with van der Waals surface area (Å²) in [4.78, 5) is 27.9. The van der Waals surface area contributed by atoms with Gasteiger partial charge in [0.1, 0.15) is 12.5 Å². The van der Waals surface area contributed by atoms with Crippen LogP contribution in [0.1, 0.15) is 19.8 Å². The van der Waals surface area contributed by atoms with Gasteiger partial charge in [-0.15, -0.1) is 0 Å². The van der Waals surface area contributed by atoms with E-state index < -0.39 is 23.8 Å². The molecular formula is C17H22FN5O3S. The fourth-order valence-electron chi connectivity index (χ4n) is 3.75. The maximum absolute atomic E-state index is 13.5. The van der Waals surface area contributed by atoms with Crippen LogP contribution in [0.5, 0.6) is 0 Å². The molecule has 0 bridgehead atoms. The van der Waals surface area contributed by atoms with Crippen LogP contribution in [0, 0.1) is 0 Å². The number of fused-ring (bicyclic) bond motifs is 1. The number of esters is 1. The van der Waals surface area contributed by atoms with Gasteiger partial charge in [0.05, 0.1) is 19.0 Å². The molecule has 4 heterocycles. The Balaban J connectivity index is 1.79. The maximum atomic E-state index is 13.5. The summed E-state index contributed by atoms with van der Waals surface area (Å²) in [6.45, 7) is 3.08. The molecule has 2 aliphatic rings. The molecular weight excluding hydrogens is 373 g/mol. The van der Waals surface area contributed by atoms with Crippen LogP contribution >= 0.6 is 11.8 Å². The molecule has 2 unspecified atom stereocenters. The van der Waals surface area contributed by atoms with Crippen LogP contribution < -0.4 is 4.90 Å². The number of alkyl halides is 1. The number of rotatable bonds is 4. The summed E-state index contributed by atoms with van der Waals surface area (Å²) in [5.74, 6) is 0.955. The molecule has 2 aliphatic heterocycles. The Morgan fingerprint density at radius 2 is 2.19 bits per heavy atom. The lowest BCUT2D eigenvalue weighted by Gasteiger charge is -2.31. The van der Waals surface area contributed by atoms with E-state index >= 15 is 0 Å². The van der Waals surface area contributed by atoms with Crippen molar-refractivity contribution in [2.75, 3.05) is 36.1 Å². The SMILES string of the molecule is CCOC(=O)C1(n2cnc3c(N4CCC(F)CC4)ncnc32)CSCC1O. The predicted molar refractivity (Wildman–Crippen MR) is 99.6 cm³/mol. The molecule has 0 radical (unpaired) electrons. The highest BCUT2D eigenvalue weighted by atomic mass is 32.2. The number of hydrogen-bond donors (Lipinski definition) is 1. The quantitative estimate of drug-likeness (QED) is 0.770. The van der Waals surface area contributed by atoms with Gasteiger partial charge in [-0.1, -0.05) is 0 Å². The maximum Gasteiger partial charge on any atom is 0.336 e. The third kappa shape index (κ3) is 2.94. The first-order valence-electron chi connectivity index (χ1n) is 9.08. The topological polar surface area (TPSA) is 93.4 Å². The zero-order valence-corrected chi connectivity index (χ0v) is 15.9. The van der Waals surface area contributed by atoms with Gasteiger partial charge in [0.15, 0.2) is 22.5 Å². The molecule has 27 heavy (non-hydrogen) atoms. The van der Waals surface area contributed by atoms with Gasteiger partial charge in [0.25, 0.3) is 0 Å². The van der Waals surface area contributed by atoms with Gasteiger partial charge in [0, 0.05) is 24.6 Å². The molecule has 8 nitrogen and oxygen atoms in total. The molecule has 2 aromatic heterocycles. The first kappa shape index (κ1) is 18.4. The summed E-state index contributed by atoms with van der Waals surface area (Å²) in [6, 6.07) is 0. The molecule has 2 aromatic rings. The summed E-state index contributed by atoms with van der Waals surface area (Å²) in [7, 11) is 0. The van der Waals surface area contributed by atoms with Crippen LogP contribution in [-0.4, -0.2) is 74.1 Å². The number of aromatic nitrogens is 4. The van der Waals surface area contributed by atoms with E-state index in [1.165, 1.54) is 24.4 Å². The largest absolute Gasteiger partial charge is 0.464 e. The van der Waals surface area contributed by atoms with E-state index in [1.54, 1.807) is 11.5 Å². The zero-order chi connectivity index (χ0) is 19.0. The molecule has 2 fully saturated rings. The molecule has 0 aliphatic carbocycles. The highest BCUT2D eigenvalue weighted by molar-refractivity contribution is 7.99. The number of nitrogens with zero attached hydrogens (tertiary/aromatic N) is 5. The zero-order valence-electron chi connectivity index (χ0n) is 15.0. The van der Waals surface area contributed by atoms with Crippen molar-refractivity contribution in [3.8, 4) is 0 Å². The highest BCUT2D eigenvalue weighted by Crippen LogP contribution is 2.39. The van der Waals surface area contributed by atoms with Crippen LogP contribution in [0.2, 0.25) is 0 Å². The van der Waals surface area contributed by atoms with Gasteiger partial charge in [-0.2, -0.15) is 11.8 Å². The summed E-state index contributed by atoms with van der Waals surface area (Å²) in [5.41, 5.74) is -0.243. The second-order valence-corrected chi connectivity index (χ2v) is 7.85. The standard InChI is InChI=1S/C17H22FN5O3S/c1-2-26-16(25)17(8-27-7-12(17)24)23-10-21-13-14(19-9-20-15(13)23)22-5-3-11(18)4-6-22/h9-12,24H,2-8H2,1H3. The Hall–Kier alpha value is -1.94. The fraction of sp³-hybridized carbons (Fsp3) is 0.647. The number of imidazole rings is 1. The lowest BCUT2D eigenvalue weighted by molar-refractivity contribution is -0.157. The fourth-order valence-corrected chi connectivity index (χ4v) is 5.12. The lowest BCUT2D eigenvalue weighted by atomic mass is 9.95. The van der Waals surface area contributed by atoms with Crippen molar-refractivity contribution >= 4 is 34.7 Å². The van der Waals surface area contributed by atoms with Crippen molar-refractivity contribution in [2.45, 2.75) is 37.6 Å². The van der Waals surface area contributed by atoms with Gasteiger partial charge in [0.2, 0.25) is 0 Å². The Kier molecular flexibility index (Phi) is 4.94. The number of hydrogen-bond acceptors (Lipinski definition) is 8. The molecule has 10 heteroatoms. The molecule has 0 spiro atoms. The number of halogens is 1. The number of thioether (sulfide) groups is 1. The molecule has 0 amide bonds. The minimum atomic E-state index is -1.26. The van der Waals surface area contributed by atoms with Crippen molar-refractivity contribution in [1.29, 1.82) is 0 Å². The number of aliphatic hydroxyl groups is 1. The molecule has 4 rings (SSSR count). The van der Waals surface area contributed by atoms with E-state index in [9.17, 15) is 14.3 Å². The number of carbonyl (C=O) groups excluding carboxylic acids is 1. The number of aliphatic hydroxyl groups excluding tert-OH is 1. The lowest BCUT2D eigenvalue weighted by Crippen LogP contribution is -2.51. The third-order valence-corrected chi connectivity index (χ3v) is 6.44. The Morgan fingerprint density at radius 1 is 1.41 bits per heavy atom. The first-order chi connectivity index (χ1) is 13.1. The van der Waals surface area contributed by atoms with Gasteiger partial charge in [-0.25, -0.2) is 24.1 Å². The molecule has 0 aromatic carbocycles. The minimum Gasteiger partial charge on any atom is -0.464 e. The summed E-state index contributed by atoms with van der Waals surface area (Å²) in [6.07, 6.45) is 2.16. The van der Waals surface area contributed by atoms with Crippen LogP contribution in [-0.2, 0) is 15.1 Å². The van der Waals surface area contributed by atoms with E-state index in [-0.39, 0.29) is 6.61 Å². The van der Waals surface area contributed by atoms with Crippen molar-refractivity contribution in [3.05, 3.63) is 12.7 Å². The Morgan fingerprint density at radius 3 is 2.85 bits per heavy atom. The molecule has 0 saturated carbocycles. The number of piperidine rings is 1. The molecule has 2 atom stereocenters. The van der Waals surface area contributed by atoms with E-state index in [0.717, 1.165) is 0 Å². The average Bonchev–Trinajstić information content (AvgIpc) is 3.26. The number of ether oxygens (including phenoxy) is 1. The summed E-state index contributed by atoms with van der Waals surface area (Å²) in [5, 5.41) is 10.6. The van der Waals surface area contributed by atoms with Crippen molar-refractivity contribution in [2.24, 2.45) is 0 Å². The second-order valence-electron chi connectivity index (χ2n) is 6.82. The van der Waals surface area contributed by atoms with Crippen LogP contribution in [0.25, 0.3) is 11.2 Å². The van der Waals surface area contributed by atoms with E-state index in [4.69, 9.17) is 4.74 Å². The number of anilines is 1. The molecule has 2 saturated heterocycles. The Labute approximate surface area is 160 Å². The van der Waals surface area contributed by atoms with Crippen molar-refractivity contribution < 1.29 is 19.0 Å². The van der Waals surface area contributed by atoms with Gasteiger partial charge >= 0.3 is 5.97 Å². The third-order valence-electron chi connectivity index (χ3n) is 5.25. The predicted octanol–water partition coefficient (Wildman–Crippen LogP) is 1.13. The van der Waals surface area contributed by atoms with Crippen LogP contribution in [0.15, 0.2) is 12.7 Å². The Bertz CT molecular complexity index is 841. The monoisotopic (exact) mass is 395 g/mol. The van der Waals surface area contributed by atoms with Crippen molar-refractivity contribution in [1.82, 2.24) is 19.5 Å². The normalized spacial score (nSPS) is 26.6. The van der Waals surface area contributed by atoms with Crippen LogP contribution in [0.3, 0.4) is 0 Å². The van der Waals surface area contributed by atoms with E-state index in [2.05, 4.69) is 15.0 Å². The second kappa shape index (κ2) is 7.23. The first-order valence-corrected chi connectivity index (χ1v) is 10.2. The molecule has 146 valence electrons. The highest BCUT2D eigenvalue weighted by Gasteiger charge is 2.53. The van der Waals surface area contributed by atoms with Gasteiger partial charge in [-0.05, 0) is 19.8 Å². The van der Waals surface area contributed by atoms with Crippen molar-refractivity contribution in [3.63, 3.8) is 0 Å². The smallest absolute Gasteiger partial charge is 0.336 e. The van der Waals surface area contributed by atoms with E-state index in [1.807, 2.05) is 4.90 Å². The average molecular weight is 395 g/mol. The van der Waals surface area contributed by atoms with Gasteiger partial charge < -0.3 is 14.7 Å². The minimum absolute atomic E-state index is 0.225. The van der Waals surface area contributed by atoms with Crippen LogP contribution in [0.4, 0.5) is 10.2 Å². The molecule has 1 N–H and O–H groups in total. The number of carbonyl (C=O) groups is 1. The summed E-state index contributed by atoms with van der Waals surface area (Å²) >= 11 is 1.49. The van der Waals surface area contributed by atoms with E-state index in [0.29, 0.717) is 54.4 Å². The summed E-state index contributed by atoms with van der Waals surface area (Å²) < 4.78 is 20.4.